The molecule has 0 heterocycles. The van der Waals surface area contributed by atoms with Crippen molar-refractivity contribution in [2.24, 2.45) is 10.8 Å². The first-order valence-corrected chi connectivity index (χ1v) is 5.08. The molecule has 7 nitrogen and oxygen atoms in total. The molecule has 1 rings (SSSR count). The first-order valence-electron chi connectivity index (χ1n) is 5.08. The summed E-state index contributed by atoms with van der Waals surface area (Å²) in [5.41, 5.74) is 13.3. The number of nitrogens with zero attached hydrogens (tertiary/aromatic N) is 3. The molecule has 1 unspecified atom stereocenters. The molecule has 0 saturated carbocycles. The summed E-state index contributed by atoms with van der Waals surface area (Å²) in [6, 6.07) is 2.17. The van der Waals surface area contributed by atoms with Crippen molar-refractivity contribution < 1.29 is 14.3 Å². The number of halogens is 1. The minimum Gasteiger partial charge on any atom is -0.508 e. The molecule has 18 heavy (non-hydrogen) atoms. The number of amides is 1. The van der Waals surface area contributed by atoms with Gasteiger partial charge in [-0.25, -0.2) is 4.39 Å². The molecule has 96 valence electrons. The second-order valence-corrected chi connectivity index (χ2v) is 3.45. The van der Waals surface area contributed by atoms with Crippen molar-refractivity contribution in [3.05, 3.63) is 40.0 Å². The van der Waals surface area contributed by atoms with E-state index in [1.807, 2.05) is 0 Å². The molecular weight excluding hydrogens is 241 g/mol. The Morgan fingerprint density at radius 2 is 2.39 bits per heavy atom. The molecule has 0 bridgehead atoms. The third-order valence-electron chi connectivity index (χ3n) is 2.21. The molecule has 0 aliphatic heterocycles. The molecule has 1 aromatic rings. The third kappa shape index (κ3) is 3.62. The predicted molar refractivity (Wildman–Crippen MR) is 62.0 cm³/mol. The smallest absolute Gasteiger partial charge is 0.239 e. The number of benzene rings is 1. The summed E-state index contributed by atoms with van der Waals surface area (Å²) < 4.78 is 13.1. The van der Waals surface area contributed by atoms with E-state index in [0.29, 0.717) is 0 Å². The molecule has 1 atom stereocenters. The number of phenolic OH excluding ortho intramolecular Hbond substituents is 1. The van der Waals surface area contributed by atoms with Gasteiger partial charge in [-0.3, -0.25) is 4.79 Å². The Morgan fingerprint density at radius 1 is 1.67 bits per heavy atom. The molecule has 0 aromatic heterocycles. The lowest BCUT2D eigenvalue weighted by Gasteiger charge is -2.16. The van der Waals surface area contributed by atoms with Gasteiger partial charge in [0, 0.05) is 23.6 Å². The molecule has 0 saturated heterocycles. The highest BCUT2D eigenvalue weighted by Gasteiger charge is 2.20. The van der Waals surface area contributed by atoms with Crippen LogP contribution in [0.2, 0.25) is 0 Å². The number of carbonyl (C=O) groups is 1. The summed E-state index contributed by atoms with van der Waals surface area (Å²) in [6.07, 6.45) is 0. The molecular formula is C10H12FN5O2. The first kappa shape index (κ1) is 13.8. The SMILES string of the molecule is [N-]=[N+]=NCCNC(C(N)=O)c1cc(F)ccc1O. The van der Waals surface area contributed by atoms with Gasteiger partial charge in [0.15, 0.2) is 0 Å². The third-order valence-corrected chi connectivity index (χ3v) is 2.21. The van der Waals surface area contributed by atoms with Crippen LogP contribution in [0.25, 0.3) is 10.4 Å². The summed E-state index contributed by atoms with van der Waals surface area (Å²) in [6.45, 7) is 0.282. The maximum absolute atomic E-state index is 13.1. The summed E-state index contributed by atoms with van der Waals surface area (Å²) in [5.74, 6) is -1.60. The van der Waals surface area contributed by atoms with Crippen molar-refractivity contribution in [3.8, 4) is 5.75 Å². The molecule has 0 fully saturated rings. The van der Waals surface area contributed by atoms with Crippen LogP contribution in [-0.4, -0.2) is 24.1 Å². The van der Waals surface area contributed by atoms with Gasteiger partial charge in [0.1, 0.15) is 17.6 Å². The lowest BCUT2D eigenvalue weighted by molar-refractivity contribution is -0.120. The van der Waals surface area contributed by atoms with Gasteiger partial charge in [-0.1, -0.05) is 5.11 Å². The summed E-state index contributed by atoms with van der Waals surface area (Å²) in [7, 11) is 0. The highest BCUT2D eigenvalue weighted by molar-refractivity contribution is 5.82. The number of phenols is 1. The van der Waals surface area contributed by atoms with E-state index in [9.17, 15) is 14.3 Å². The maximum Gasteiger partial charge on any atom is 0.239 e. The largest absolute Gasteiger partial charge is 0.508 e. The fraction of sp³-hybridized carbons (Fsp3) is 0.300. The average molecular weight is 253 g/mol. The Morgan fingerprint density at radius 3 is 3.00 bits per heavy atom. The topological polar surface area (TPSA) is 124 Å². The maximum atomic E-state index is 13.1. The normalized spacial score (nSPS) is 11.6. The molecule has 8 heteroatoms. The monoisotopic (exact) mass is 253 g/mol. The van der Waals surface area contributed by atoms with Crippen molar-refractivity contribution in [2.45, 2.75) is 6.04 Å². The predicted octanol–water partition coefficient (Wildman–Crippen LogP) is 0.958. The fourth-order valence-corrected chi connectivity index (χ4v) is 1.42. The van der Waals surface area contributed by atoms with Crippen LogP contribution in [0.1, 0.15) is 11.6 Å². The van der Waals surface area contributed by atoms with Crippen LogP contribution in [0, 0.1) is 5.82 Å². The van der Waals surface area contributed by atoms with Crippen LogP contribution < -0.4 is 11.1 Å². The minimum atomic E-state index is -1.05. The van der Waals surface area contributed by atoms with Crippen LogP contribution in [0.5, 0.6) is 5.75 Å². The van der Waals surface area contributed by atoms with E-state index in [1.54, 1.807) is 0 Å². The van der Waals surface area contributed by atoms with Crippen molar-refractivity contribution in [3.63, 3.8) is 0 Å². The van der Waals surface area contributed by atoms with Gasteiger partial charge in [0.25, 0.3) is 0 Å². The fourth-order valence-electron chi connectivity index (χ4n) is 1.42. The van der Waals surface area contributed by atoms with Gasteiger partial charge in [-0.05, 0) is 23.7 Å². The zero-order valence-electron chi connectivity index (χ0n) is 9.38. The van der Waals surface area contributed by atoms with Crippen LogP contribution in [-0.2, 0) is 4.79 Å². The number of carbonyl (C=O) groups excluding carboxylic acids is 1. The van der Waals surface area contributed by atoms with Crippen molar-refractivity contribution in [1.29, 1.82) is 0 Å². The van der Waals surface area contributed by atoms with Crippen LogP contribution in [0.3, 0.4) is 0 Å². The number of nitrogens with one attached hydrogen (secondary N) is 1. The van der Waals surface area contributed by atoms with E-state index in [4.69, 9.17) is 11.3 Å². The number of nitrogens with two attached hydrogens (primary N) is 1. The summed E-state index contributed by atoms with van der Waals surface area (Å²) >= 11 is 0. The summed E-state index contributed by atoms with van der Waals surface area (Å²) in [4.78, 5) is 13.8. The van der Waals surface area contributed by atoms with Crippen molar-refractivity contribution >= 4 is 5.91 Å². The Labute approximate surface area is 102 Å². The molecule has 1 aromatic carbocycles. The second-order valence-electron chi connectivity index (χ2n) is 3.45. The first-order chi connectivity index (χ1) is 8.56. The van der Waals surface area contributed by atoms with Crippen molar-refractivity contribution in [2.75, 3.05) is 13.1 Å². The second kappa shape index (κ2) is 6.43. The zero-order valence-corrected chi connectivity index (χ0v) is 9.38. The van der Waals surface area contributed by atoms with E-state index >= 15 is 0 Å². The minimum absolute atomic E-state index is 0.0448. The van der Waals surface area contributed by atoms with E-state index in [2.05, 4.69) is 15.3 Å². The molecule has 4 N–H and O–H groups in total. The number of hydrogen-bond acceptors (Lipinski definition) is 4. The van der Waals surface area contributed by atoms with Gasteiger partial charge in [0.05, 0.1) is 0 Å². The number of primary amides is 1. The number of hydrogen-bond donors (Lipinski definition) is 3. The van der Waals surface area contributed by atoms with Crippen LogP contribution in [0.4, 0.5) is 4.39 Å². The Bertz CT molecular complexity index is 487. The summed E-state index contributed by atoms with van der Waals surface area (Å²) in [5, 5.41) is 15.5. The molecule has 0 aliphatic carbocycles. The lowest BCUT2D eigenvalue weighted by Crippen LogP contribution is -2.35. The lowest BCUT2D eigenvalue weighted by atomic mass is 10.0. The van der Waals surface area contributed by atoms with Gasteiger partial charge in [-0.15, -0.1) is 0 Å². The van der Waals surface area contributed by atoms with E-state index < -0.39 is 17.8 Å². The van der Waals surface area contributed by atoms with Crippen LogP contribution >= 0.6 is 0 Å². The standard InChI is InChI=1S/C10H12FN5O2/c11-6-1-2-8(17)7(5-6)9(10(12)18)14-3-4-15-16-13/h1-2,5,9,14,17H,3-4H2,(H2,12,18). The van der Waals surface area contributed by atoms with E-state index in [-0.39, 0.29) is 24.4 Å². The average Bonchev–Trinajstić information content (AvgIpc) is 2.32. The van der Waals surface area contributed by atoms with Gasteiger partial charge in [0.2, 0.25) is 5.91 Å². The van der Waals surface area contributed by atoms with Gasteiger partial charge >= 0.3 is 0 Å². The quantitative estimate of drug-likeness (QED) is 0.302. The zero-order chi connectivity index (χ0) is 13.5. The van der Waals surface area contributed by atoms with E-state index in [0.717, 1.165) is 18.2 Å². The number of rotatable bonds is 6. The Balaban J connectivity index is 2.87. The molecule has 0 aliphatic rings. The number of azide groups is 1. The van der Waals surface area contributed by atoms with Gasteiger partial charge in [-0.2, -0.15) is 0 Å². The van der Waals surface area contributed by atoms with E-state index in [1.165, 1.54) is 0 Å². The molecule has 1 amide bonds. The highest BCUT2D eigenvalue weighted by Crippen LogP contribution is 2.24. The van der Waals surface area contributed by atoms with Gasteiger partial charge < -0.3 is 16.2 Å². The van der Waals surface area contributed by atoms with Crippen LogP contribution in [0.15, 0.2) is 23.3 Å². The Kier molecular flexibility index (Phi) is 4.91. The highest BCUT2D eigenvalue weighted by atomic mass is 19.1. The molecule has 0 spiro atoms. The molecule has 0 radical (unpaired) electrons. The van der Waals surface area contributed by atoms with Crippen molar-refractivity contribution in [1.82, 2.24) is 5.32 Å². The number of aromatic hydroxyl groups is 1. The Hall–Kier alpha value is -2.31.